The lowest BCUT2D eigenvalue weighted by atomic mass is 10.00. The lowest BCUT2D eigenvalue weighted by Crippen LogP contribution is -2.31. The maximum atomic E-state index is 10.9. The zero-order chi connectivity index (χ0) is 7.56. The summed E-state index contributed by atoms with van der Waals surface area (Å²) in [5.74, 6) is -0.359. The fourth-order valence-corrected chi connectivity index (χ4v) is 0.854. The van der Waals surface area contributed by atoms with Gasteiger partial charge in [0.05, 0.1) is 5.92 Å². The van der Waals surface area contributed by atoms with Gasteiger partial charge in [-0.15, -0.1) is 0 Å². The van der Waals surface area contributed by atoms with E-state index in [1.165, 1.54) is 6.21 Å². The van der Waals surface area contributed by atoms with Crippen LogP contribution in [0.15, 0.2) is 17.1 Å². The third kappa shape index (κ3) is 1.30. The molecule has 2 unspecified atom stereocenters. The molecular weight excluding hydrogens is 128 g/mol. The third-order valence-corrected chi connectivity index (χ3v) is 1.46. The van der Waals surface area contributed by atoms with Crippen LogP contribution in [0, 0.1) is 5.92 Å². The molecule has 2 N–H and O–H groups in total. The summed E-state index contributed by atoms with van der Waals surface area (Å²) >= 11 is 0. The molecule has 0 spiro atoms. The summed E-state index contributed by atoms with van der Waals surface area (Å²) in [5, 5.41) is 0. The summed E-state index contributed by atoms with van der Waals surface area (Å²) < 4.78 is 0. The molecule has 0 radical (unpaired) electrons. The van der Waals surface area contributed by atoms with Gasteiger partial charge >= 0.3 is 0 Å². The lowest BCUT2D eigenvalue weighted by molar-refractivity contribution is -0.120. The van der Waals surface area contributed by atoms with Crippen LogP contribution in [-0.2, 0) is 4.79 Å². The summed E-state index contributed by atoms with van der Waals surface area (Å²) in [5.41, 5.74) is 5.51. The molecule has 0 fully saturated rings. The molecule has 0 saturated carbocycles. The lowest BCUT2D eigenvalue weighted by Gasteiger charge is -2.13. The molecule has 1 rings (SSSR count). The summed E-state index contributed by atoms with van der Waals surface area (Å²) in [7, 11) is 0. The van der Waals surface area contributed by atoms with E-state index in [1.54, 1.807) is 19.1 Å². The highest BCUT2D eigenvalue weighted by Gasteiger charge is 2.19. The minimum absolute atomic E-state index is 0.138. The first-order valence-electron chi connectivity index (χ1n) is 3.22. The first-order valence-corrected chi connectivity index (χ1v) is 3.22. The van der Waals surface area contributed by atoms with E-state index in [4.69, 9.17) is 5.73 Å². The molecule has 0 bridgehead atoms. The quantitative estimate of drug-likeness (QED) is 0.559. The van der Waals surface area contributed by atoms with Gasteiger partial charge in [0.2, 0.25) is 0 Å². The number of carbonyl (C=O) groups excluding carboxylic acids is 1. The van der Waals surface area contributed by atoms with Gasteiger partial charge in [0.15, 0.2) is 0 Å². The molecule has 1 heterocycles. The Morgan fingerprint density at radius 2 is 2.50 bits per heavy atom. The first-order chi connectivity index (χ1) is 4.72. The van der Waals surface area contributed by atoms with Crippen LogP contribution in [0.3, 0.4) is 0 Å². The largest absolute Gasteiger partial charge is 0.327 e. The fourth-order valence-electron chi connectivity index (χ4n) is 0.854. The number of hydrogen-bond donors (Lipinski definition) is 1. The highest BCUT2D eigenvalue weighted by molar-refractivity contribution is 5.94. The van der Waals surface area contributed by atoms with E-state index in [2.05, 4.69) is 4.99 Å². The second-order valence-electron chi connectivity index (χ2n) is 2.39. The summed E-state index contributed by atoms with van der Waals surface area (Å²) in [6, 6.07) is -0.138. The first kappa shape index (κ1) is 7.15. The predicted molar refractivity (Wildman–Crippen MR) is 39.8 cm³/mol. The van der Waals surface area contributed by atoms with Crippen LogP contribution in [0.25, 0.3) is 0 Å². The van der Waals surface area contributed by atoms with Gasteiger partial charge in [-0.2, -0.15) is 0 Å². The fraction of sp³-hybridized carbons (Fsp3) is 0.429. The zero-order valence-corrected chi connectivity index (χ0v) is 5.82. The number of rotatable bonds is 1. The van der Waals surface area contributed by atoms with Gasteiger partial charge in [-0.25, -0.2) is 4.99 Å². The Morgan fingerprint density at radius 1 is 1.80 bits per heavy atom. The van der Waals surface area contributed by atoms with E-state index in [0.29, 0.717) is 0 Å². The monoisotopic (exact) mass is 138 g/mol. The standard InChI is InChI=1S/C7H10N2O/c1-5(8)6-3-2-4-9-7(6)10/h2-6H,8H2,1H3. The van der Waals surface area contributed by atoms with Crippen molar-refractivity contribution in [3.63, 3.8) is 0 Å². The molecule has 0 saturated heterocycles. The molecule has 0 aromatic carbocycles. The van der Waals surface area contributed by atoms with E-state index < -0.39 is 0 Å². The normalized spacial score (nSPS) is 27.0. The van der Waals surface area contributed by atoms with Gasteiger partial charge in [0, 0.05) is 12.3 Å². The van der Waals surface area contributed by atoms with Crippen LogP contribution < -0.4 is 5.73 Å². The third-order valence-electron chi connectivity index (χ3n) is 1.46. The number of dihydropyridines is 1. The van der Waals surface area contributed by atoms with Crippen LogP contribution in [0.5, 0.6) is 0 Å². The number of nitrogens with two attached hydrogens (primary N) is 1. The van der Waals surface area contributed by atoms with E-state index >= 15 is 0 Å². The van der Waals surface area contributed by atoms with Crippen molar-refractivity contribution in [3.05, 3.63) is 12.2 Å². The molecule has 0 aromatic heterocycles. The van der Waals surface area contributed by atoms with Crippen molar-refractivity contribution in [3.8, 4) is 0 Å². The summed E-state index contributed by atoms with van der Waals surface area (Å²) in [6.07, 6.45) is 5.01. The minimum atomic E-state index is -0.218. The maximum absolute atomic E-state index is 10.9. The van der Waals surface area contributed by atoms with Gasteiger partial charge in [0.1, 0.15) is 0 Å². The molecule has 54 valence electrons. The number of allylic oxidation sites excluding steroid dienone is 1. The molecule has 1 amide bonds. The number of nitrogens with zero attached hydrogens (tertiary/aromatic N) is 1. The SMILES string of the molecule is CC(N)C1C=CC=NC1=O. The van der Waals surface area contributed by atoms with Crippen molar-refractivity contribution in [1.29, 1.82) is 0 Å². The maximum Gasteiger partial charge on any atom is 0.254 e. The highest BCUT2D eigenvalue weighted by atomic mass is 16.1. The minimum Gasteiger partial charge on any atom is -0.327 e. The van der Waals surface area contributed by atoms with Crippen molar-refractivity contribution in [1.82, 2.24) is 0 Å². The van der Waals surface area contributed by atoms with Gasteiger partial charge in [-0.1, -0.05) is 6.08 Å². The van der Waals surface area contributed by atoms with Crippen LogP contribution in [-0.4, -0.2) is 18.2 Å². The average Bonchev–Trinajstić information content (AvgIpc) is 1.88. The molecular formula is C7H10N2O. The van der Waals surface area contributed by atoms with Crippen LogP contribution in [0.4, 0.5) is 0 Å². The van der Waals surface area contributed by atoms with E-state index in [-0.39, 0.29) is 17.9 Å². The summed E-state index contributed by atoms with van der Waals surface area (Å²) in [4.78, 5) is 14.5. The number of hydrogen-bond acceptors (Lipinski definition) is 2. The highest BCUT2D eigenvalue weighted by Crippen LogP contribution is 2.08. The van der Waals surface area contributed by atoms with Crippen molar-refractivity contribution < 1.29 is 4.79 Å². The van der Waals surface area contributed by atoms with E-state index in [9.17, 15) is 4.79 Å². The van der Waals surface area contributed by atoms with Crippen molar-refractivity contribution in [2.75, 3.05) is 0 Å². The van der Waals surface area contributed by atoms with Crippen molar-refractivity contribution in [2.24, 2.45) is 16.6 Å². The van der Waals surface area contributed by atoms with E-state index in [0.717, 1.165) is 0 Å². The Labute approximate surface area is 59.6 Å². The van der Waals surface area contributed by atoms with Crippen LogP contribution in [0.1, 0.15) is 6.92 Å². The second-order valence-corrected chi connectivity index (χ2v) is 2.39. The summed E-state index contributed by atoms with van der Waals surface area (Å²) in [6.45, 7) is 1.80. The molecule has 3 nitrogen and oxygen atoms in total. The van der Waals surface area contributed by atoms with E-state index in [1.807, 2.05) is 0 Å². The van der Waals surface area contributed by atoms with Gasteiger partial charge < -0.3 is 5.73 Å². The molecule has 1 aliphatic heterocycles. The molecule has 10 heavy (non-hydrogen) atoms. The zero-order valence-electron chi connectivity index (χ0n) is 5.82. The Kier molecular flexibility index (Phi) is 1.97. The average molecular weight is 138 g/mol. The van der Waals surface area contributed by atoms with Crippen molar-refractivity contribution in [2.45, 2.75) is 13.0 Å². The Hall–Kier alpha value is -0.960. The molecule has 3 heteroatoms. The molecule has 0 aliphatic carbocycles. The Morgan fingerprint density at radius 3 is 2.90 bits per heavy atom. The second kappa shape index (κ2) is 2.75. The van der Waals surface area contributed by atoms with Crippen molar-refractivity contribution >= 4 is 12.1 Å². The number of aliphatic imine (C=N–C) groups is 1. The predicted octanol–water partition coefficient (Wildman–Crippen LogP) is 0.117. The number of carbonyl (C=O) groups is 1. The molecule has 1 aliphatic rings. The molecule has 0 aromatic rings. The topological polar surface area (TPSA) is 55.4 Å². The van der Waals surface area contributed by atoms with Crippen LogP contribution in [0.2, 0.25) is 0 Å². The smallest absolute Gasteiger partial charge is 0.254 e. The number of amides is 1. The Bertz CT molecular complexity index is 194. The van der Waals surface area contributed by atoms with Gasteiger partial charge in [-0.3, -0.25) is 4.79 Å². The van der Waals surface area contributed by atoms with Crippen LogP contribution >= 0.6 is 0 Å². The van der Waals surface area contributed by atoms with Gasteiger partial charge in [0.25, 0.3) is 5.91 Å². The Balaban J connectivity index is 2.70. The molecule has 2 atom stereocenters. The van der Waals surface area contributed by atoms with Gasteiger partial charge in [-0.05, 0) is 13.0 Å².